The molecule has 26 heavy (non-hydrogen) atoms. The van der Waals surface area contributed by atoms with Gasteiger partial charge in [0.05, 0.1) is 0 Å². The Balaban J connectivity index is 4.74. The first kappa shape index (κ1) is 26.2. The maximum Gasteiger partial charge on any atom is 0.502 e. The van der Waals surface area contributed by atoms with Gasteiger partial charge in [-0.05, 0) is 48.6 Å². The zero-order valence-electron chi connectivity index (χ0n) is 18.0. The molecule has 0 fully saturated rings. The van der Waals surface area contributed by atoms with Gasteiger partial charge in [-0.1, -0.05) is 0 Å². The van der Waals surface area contributed by atoms with Gasteiger partial charge in [0.25, 0.3) is 0 Å². The van der Waals surface area contributed by atoms with Gasteiger partial charge in [0, 0.05) is 64.8 Å². The lowest BCUT2D eigenvalue weighted by atomic mass is 10.6. The van der Waals surface area contributed by atoms with Crippen molar-refractivity contribution in [3.63, 3.8) is 0 Å². The van der Waals surface area contributed by atoms with Crippen LogP contribution in [-0.2, 0) is 26.6 Å². The first-order chi connectivity index (χ1) is 12.5. The van der Waals surface area contributed by atoms with Gasteiger partial charge in [-0.3, -0.25) is 0 Å². The molecule has 0 aromatic heterocycles. The number of rotatable bonds is 18. The standard InChI is InChI=1S/C17H41NO6Si2/c1-8-19-25(20-9-2,21-10-3)16-14-18(7)15-17-26(22-11-4,23-12-5)24-13-6/h8-17H2,1-7H3. The lowest BCUT2D eigenvalue weighted by Crippen LogP contribution is -2.50. The predicted molar refractivity (Wildman–Crippen MR) is 108 cm³/mol. The first-order valence-electron chi connectivity index (χ1n) is 9.99. The molecule has 7 nitrogen and oxygen atoms in total. The molecule has 0 heterocycles. The predicted octanol–water partition coefficient (Wildman–Crippen LogP) is 3.02. The van der Waals surface area contributed by atoms with Crippen LogP contribution in [0.4, 0.5) is 0 Å². The summed E-state index contributed by atoms with van der Waals surface area (Å²) in [6.45, 7) is 17.2. The second-order valence-electron chi connectivity index (χ2n) is 5.77. The smallest absolute Gasteiger partial charge is 0.374 e. The lowest BCUT2D eigenvalue weighted by Gasteiger charge is -2.32. The molecule has 0 amide bonds. The summed E-state index contributed by atoms with van der Waals surface area (Å²) in [7, 11) is -3.12. The topological polar surface area (TPSA) is 58.6 Å². The maximum absolute atomic E-state index is 5.92. The molecule has 0 aliphatic rings. The highest BCUT2D eigenvalue weighted by molar-refractivity contribution is 6.61. The molecule has 0 radical (unpaired) electrons. The molecule has 0 aromatic rings. The van der Waals surface area contributed by atoms with Gasteiger partial charge in [-0.2, -0.15) is 0 Å². The lowest BCUT2D eigenvalue weighted by molar-refractivity contribution is 0.0657. The van der Waals surface area contributed by atoms with Crippen molar-refractivity contribution in [2.45, 2.75) is 53.6 Å². The summed E-state index contributed by atoms with van der Waals surface area (Å²) in [5, 5.41) is 0. The van der Waals surface area contributed by atoms with Gasteiger partial charge in [-0.15, -0.1) is 0 Å². The third kappa shape index (κ3) is 9.91. The average molecular weight is 412 g/mol. The van der Waals surface area contributed by atoms with Crippen molar-refractivity contribution in [1.29, 1.82) is 0 Å². The molecule has 0 N–H and O–H groups in total. The molecule has 0 aliphatic carbocycles. The second-order valence-corrected chi connectivity index (χ2v) is 11.2. The van der Waals surface area contributed by atoms with Crippen LogP contribution in [-0.4, -0.2) is 82.3 Å². The van der Waals surface area contributed by atoms with E-state index in [4.69, 9.17) is 26.6 Å². The van der Waals surface area contributed by atoms with Crippen LogP contribution in [0.1, 0.15) is 41.5 Å². The van der Waals surface area contributed by atoms with Crippen LogP contribution < -0.4 is 0 Å². The van der Waals surface area contributed by atoms with Crippen molar-refractivity contribution >= 4 is 17.6 Å². The minimum atomic E-state index is -2.60. The molecule has 0 atom stereocenters. The van der Waals surface area contributed by atoms with Gasteiger partial charge in [0.15, 0.2) is 0 Å². The Morgan fingerprint density at radius 1 is 0.500 bits per heavy atom. The Morgan fingerprint density at radius 2 is 0.731 bits per heavy atom. The quantitative estimate of drug-likeness (QED) is 0.321. The van der Waals surface area contributed by atoms with Crippen molar-refractivity contribution in [2.75, 3.05) is 59.8 Å². The summed E-state index contributed by atoms with van der Waals surface area (Å²) < 4.78 is 35.5. The van der Waals surface area contributed by atoms with Crippen LogP contribution in [0.5, 0.6) is 0 Å². The molecule has 0 bridgehead atoms. The monoisotopic (exact) mass is 411 g/mol. The summed E-state index contributed by atoms with van der Waals surface area (Å²) in [6.07, 6.45) is 0. The van der Waals surface area contributed by atoms with Crippen LogP contribution in [0.3, 0.4) is 0 Å². The van der Waals surface area contributed by atoms with Crippen LogP contribution in [0, 0.1) is 0 Å². The fourth-order valence-electron chi connectivity index (χ4n) is 2.77. The summed E-state index contributed by atoms with van der Waals surface area (Å²) in [6, 6.07) is 1.54. The van der Waals surface area contributed by atoms with Crippen molar-refractivity contribution in [2.24, 2.45) is 0 Å². The Hall–Kier alpha value is 0.154. The fraction of sp³-hybridized carbons (Fsp3) is 1.00. The molecule has 0 saturated heterocycles. The van der Waals surface area contributed by atoms with E-state index in [1.54, 1.807) is 0 Å². The van der Waals surface area contributed by atoms with E-state index in [1.165, 1.54) is 0 Å². The molecule has 0 unspecified atom stereocenters. The molecule has 9 heteroatoms. The Morgan fingerprint density at radius 3 is 0.923 bits per heavy atom. The van der Waals surface area contributed by atoms with E-state index < -0.39 is 17.6 Å². The molecule has 0 aliphatic heterocycles. The van der Waals surface area contributed by atoms with Gasteiger partial charge in [0.1, 0.15) is 0 Å². The third-order valence-electron chi connectivity index (χ3n) is 3.78. The van der Waals surface area contributed by atoms with Crippen molar-refractivity contribution in [3.05, 3.63) is 0 Å². The third-order valence-corrected chi connectivity index (χ3v) is 9.83. The molecule has 0 spiro atoms. The zero-order valence-corrected chi connectivity index (χ0v) is 20.0. The molecule has 0 saturated carbocycles. The summed E-state index contributed by atoms with van der Waals surface area (Å²) in [5.74, 6) is 0. The van der Waals surface area contributed by atoms with E-state index in [1.807, 2.05) is 41.5 Å². The summed E-state index contributed by atoms with van der Waals surface area (Å²) in [4.78, 5) is 2.25. The van der Waals surface area contributed by atoms with Crippen molar-refractivity contribution in [3.8, 4) is 0 Å². The minimum Gasteiger partial charge on any atom is -0.374 e. The average Bonchev–Trinajstić information content (AvgIpc) is 2.60. The SMILES string of the molecule is CCO[Si](CCN(C)CC[Si](OCC)(OCC)OCC)(OCC)OCC. The fourth-order valence-corrected chi connectivity index (χ4v) is 8.09. The van der Waals surface area contributed by atoms with E-state index in [0.717, 1.165) is 25.2 Å². The second kappa shape index (κ2) is 15.1. The highest BCUT2D eigenvalue weighted by Gasteiger charge is 2.42. The van der Waals surface area contributed by atoms with E-state index in [-0.39, 0.29) is 0 Å². The van der Waals surface area contributed by atoms with Crippen LogP contribution >= 0.6 is 0 Å². The summed E-state index contributed by atoms with van der Waals surface area (Å²) in [5.41, 5.74) is 0. The largest absolute Gasteiger partial charge is 0.502 e. The van der Waals surface area contributed by atoms with Gasteiger partial charge < -0.3 is 31.5 Å². The van der Waals surface area contributed by atoms with Gasteiger partial charge >= 0.3 is 17.6 Å². The molecular formula is C17H41NO6Si2. The maximum atomic E-state index is 5.92. The van der Waals surface area contributed by atoms with E-state index >= 15 is 0 Å². The normalized spacial score (nSPS) is 12.9. The molecular weight excluding hydrogens is 370 g/mol. The number of hydrogen-bond donors (Lipinski definition) is 0. The van der Waals surface area contributed by atoms with Crippen LogP contribution in [0.15, 0.2) is 0 Å². The number of hydrogen-bond acceptors (Lipinski definition) is 7. The summed E-state index contributed by atoms with van der Waals surface area (Å²) >= 11 is 0. The Kier molecular flexibility index (Phi) is 15.2. The van der Waals surface area contributed by atoms with Crippen LogP contribution in [0.25, 0.3) is 0 Å². The Labute approximate surface area is 163 Å². The van der Waals surface area contributed by atoms with Crippen molar-refractivity contribution < 1.29 is 26.6 Å². The molecule has 0 rings (SSSR count). The van der Waals surface area contributed by atoms with Crippen molar-refractivity contribution in [1.82, 2.24) is 4.90 Å². The highest BCUT2D eigenvalue weighted by atomic mass is 28.4. The zero-order chi connectivity index (χ0) is 19.9. The van der Waals surface area contributed by atoms with E-state index in [2.05, 4.69) is 11.9 Å². The van der Waals surface area contributed by atoms with E-state index in [0.29, 0.717) is 39.6 Å². The highest BCUT2D eigenvalue weighted by Crippen LogP contribution is 2.19. The van der Waals surface area contributed by atoms with Gasteiger partial charge in [-0.25, -0.2) is 0 Å². The van der Waals surface area contributed by atoms with Crippen LogP contribution in [0.2, 0.25) is 12.1 Å². The molecule has 0 aromatic carbocycles. The number of nitrogens with zero attached hydrogens (tertiary/aromatic N) is 1. The molecule has 158 valence electrons. The minimum absolute atomic E-state index is 0.602. The van der Waals surface area contributed by atoms with E-state index in [9.17, 15) is 0 Å². The van der Waals surface area contributed by atoms with Gasteiger partial charge in [0.2, 0.25) is 0 Å². The Bertz CT molecular complexity index is 274. The first-order valence-corrected chi connectivity index (χ1v) is 13.8.